The van der Waals surface area contributed by atoms with Crippen molar-refractivity contribution in [3.05, 3.63) is 35.4 Å². The van der Waals surface area contributed by atoms with Crippen molar-refractivity contribution >= 4 is 11.9 Å². The molecule has 1 aliphatic carbocycles. The molecule has 1 aliphatic rings. The van der Waals surface area contributed by atoms with Gasteiger partial charge >= 0.3 is 5.97 Å². The summed E-state index contributed by atoms with van der Waals surface area (Å²) < 4.78 is 26.7. The lowest BCUT2D eigenvalue weighted by Crippen LogP contribution is -2.35. The molecule has 2 rings (SSSR count). The molecule has 4 nitrogen and oxygen atoms in total. The van der Waals surface area contributed by atoms with Crippen molar-refractivity contribution in [1.29, 1.82) is 0 Å². The van der Waals surface area contributed by atoms with Gasteiger partial charge in [-0.05, 0) is 25.0 Å². The zero-order valence-corrected chi connectivity index (χ0v) is 10.1. The maximum atomic E-state index is 13.6. The van der Waals surface area contributed by atoms with Gasteiger partial charge in [-0.25, -0.2) is 8.78 Å². The fraction of sp³-hybridized carbons (Fsp3) is 0.385. The van der Waals surface area contributed by atoms with Crippen LogP contribution >= 0.6 is 0 Å². The highest BCUT2D eigenvalue weighted by atomic mass is 19.2. The van der Waals surface area contributed by atoms with Gasteiger partial charge in [-0.1, -0.05) is 6.07 Å². The van der Waals surface area contributed by atoms with Crippen LogP contribution in [0, 0.1) is 11.6 Å². The second-order valence-corrected chi connectivity index (χ2v) is 4.47. The number of carbonyl (C=O) groups is 2. The predicted molar refractivity (Wildman–Crippen MR) is 62.7 cm³/mol. The van der Waals surface area contributed by atoms with E-state index in [0.717, 1.165) is 18.9 Å². The summed E-state index contributed by atoms with van der Waals surface area (Å²) in [6, 6.07) is 3.34. The summed E-state index contributed by atoms with van der Waals surface area (Å²) in [4.78, 5) is 24.0. The number of nitrogens with zero attached hydrogens (tertiary/aromatic N) is 1. The number of carboxylic acid groups (broad SMARTS) is 1. The summed E-state index contributed by atoms with van der Waals surface area (Å²) in [6.07, 6.45) is 1.32. The maximum Gasteiger partial charge on any atom is 0.305 e. The zero-order chi connectivity index (χ0) is 14.0. The molecule has 19 heavy (non-hydrogen) atoms. The summed E-state index contributed by atoms with van der Waals surface area (Å²) in [5.74, 6) is -3.95. The van der Waals surface area contributed by atoms with Crippen LogP contribution in [0.4, 0.5) is 8.78 Å². The number of halogens is 2. The second kappa shape index (κ2) is 5.34. The van der Waals surface area contributed by atoms with E-state index in [9.17, 15) is 18.4 Å². The molecule has 0 spiro atoms. The fourth-order valence-corrected chi connectivity index (χ4v) is 1.88. The van der Waals surface area contributed by atoms with Gasteiger partial charge in [0.25, 0.3) is 5.91 Å². The quantitative estimate of drug-likeness (QED) is 0.890. The van der Waals surface area contributed by atoms with E-state index in [4.69, 9.17) is 5.11 Å². The van der Waals surface area contributed by atoms with Gasteiger partial charge in [0.1, 0.15) is 0 Å². The topological polar surface area (TPSA) is 57.6 Å². The Kier molecular flexibility index (Phi) is 3.78. The first-order valence-corrected chi connectivity index (χ1v) is 5.97. The van der Waals surface area contributed by atoms with Crippen LogP contribution in [0.1, 0.15) is 29.6 Å². The normalized spacial score (nSPS) is 14.2. The van der Waals surface area contributed by atoms with Gasteiger partial charge in [0.2, 0.25) is 0 Å². The van der Waals surface area contributed by atoms with Crippen LogP contribution in [0.25, 0.3) is 0 Å². The number of hydrogen-bond acceptors (Lipinski definition) is 2. The Morgan fingerprint density at radius 1 is 1.32 bits per heavy atom. The molecule has 1 amide bonds. The van der Waals surface area contributed by atoms with E-state index in [1.165, 1.54) is 17.0 Å². The Hall–Kier alpha value is -1.98. The Morgan fingerprint density at radius 2 is 2.00 bits per heavy atom. The highest BCUT2D eigenvalue weighted by Gasteiger charge is 2.34. The summed E-state index contributed by atoms with van der Waals surface area (Å²) in [6.45, 7) is 0.00872. The molecule has 1 saturated carbocycles. The van der Waals surface area contributed by atoms with Crippen LogP contribution in [0.2, 0.25) is 0 Å². The minimum absolute atomic E-state index is 0.00872. The molecule has 0 radical (unpaired) electrons. The van der Waals surface area contributed by atoms with Crippen LogP contribution in [-0.2, 0) is 4.79 Å². The SMILES string of the molecule is O=C(O)CCN(C(=O)c1cccc(F)c1F)C1CC1. The Bertz CT molecular complexity index is 515. The lowest BCUT2D eigenvalue weighted by molar-refractivity contribution is -0.137. The number of aliphatic carboxylic acids is 1. The number of benzene rings is 1. The van der Waals surface area contributed by atoms with Crippen LogP contribution < -0.4 is 0 Å². The Morgan fingerprint density at radius 3 is 2.58 bits per heavy atom. The standard InChI is InChI=1S/C13H13F2NO3/c14-10-3-1-2-9(12(10)15)13(19)16(8-4-5-8)7-6-11(17)18/h1-3,8H,4-7H2,(H,17,18). The number of rotatable bonds is 5. The molecule has 1 N–H and O–H groups in total. The largest absolute Gasteiger partial charge is 0.481 e. The molecular weight excluding hydrogens is 256 g/mol. The number of carboxylic acids is 1. The van der Waals surface area contributed by atoms with Crippen molar-refractivity contribution in [2.75, 3.05) is 6.54 Å². The lowest BCUT2D eigenvalue weighted by atomic mass is 10.1. The average Bonchev–Trinajstić information content (AvgIpc) is 3.17. The molecular formula is C13H13F2NO3. The molecule has 1 aromatic carbocycles. The van der Waals surface area contributed by atoms with Crippen molar-refractivity contribution in [3.8, 4) is 0 Å². The minimum atomic E-state index is -1.19. The van der Waals surface area contributed by atoms with Crippen molar-refractivity contribution in [2.24, 2.45) is 0 Å². The van der Waals surface area contributed by atoms with Gasteiger partial charge in [0.15, 0.2) is 11.6 Å². The monoisotopic (exact) mass is 269 g/mol. The molecule has 102 valence electrons. The highest BCUT2D eigenvalue weighted by Crippen LogP contribution is 2.29. The van der Waals surface area contributed by atoms with Gasteiger partial charge in [-0.2, -0.15) is 0 Å². The first-order chi connectivity index (χ1) is 9.00. The summed E-state index contributed by atoms with van der Waals surface area (Å²) in [5.41, 5.74) is -0.350. The molecule has 1 aromatic rings. The van der Waals surface area contributed by atoms with Crippen molar-refractivity contribution in [3.63, 3.8) is 0 Å². The van der Waals surface area contributed by atoms with E-state index in [1.54, 1.807) is 0 Å². The first kappa shape index (κ1) is 13.5. The number of hydrogen-bond donors (Lipinski definition) is 1. The lowest BCUT2D eigenvalue weighted by Gasteiger charge is -2.21. The summed E-state index contributed by atoms with van der Waals surface area (Å²) in [7, 11) is 0. The number of amides is 1. The number of carbonyl (C=O) groups excluding carboxylic acids is 1. The van der Waals surface area contributed by atoms with Crippen LogP contribution in [0.15, 0.2) is 18.2 Å². The van der Waals surface area contributed by atoms with Gasteiger partial charge < -0.3 is 10.0 Å². The molecule has 0 bridgehead atoms. The molecule has 6 heteroatoms. The summed E-state index contributed by atoms with van der Waals surface area (Å²) >= 11 is 0. The van der Waals surface area contributed by atoms with Gasteiger partial charge in [0.05, 0.1) is 12.0 Å². The average molecular weight is 269 g/mol. The molecule has 0 aromatic heterocycles. The predicted octanol–water partition coefficient (Wildman–Crippen LogP) is 2.04. The smallest absolute Gasteiger partial charge is 0.305 e. The fourth-order valence-electron chi connectivity index (χ4n) is 1.88. The van der Waals surface area contributed by atoms with Gasteiger partial charge in [0, 0.05) is 12.6 Å². The van der Waals surface area contributed by atoms with E-state index in [1.807, 2.05) is 0 Å². The van der Waals surface area contributed by atoms with Crippen molar-refractivity contribution in [1.82, 2.24) is 4.90 Å². The minimum Gasteiger partial charge on any atom is -0.481 e. The van der Waals surface area contributed by atoms with Gasteiger partial charge in [-0.15, -0.1) is 0 Å². The Labute approximate surface area is 108 Å². The first-order valence-electron chi connectivity index (χ1n) is 5.97. The molecule has 0 unspecified atom stereocenters. The molecule has 0 atom stereocenters. The Balaban J connectivity index is 2.19. The van der Waals surface area contributed by atoms with Crippen LogP contribution in [0.5, 0.6) is 0 Å². The zero-order valence-electron chi connectivity index (χ0n) is 10.1. The van der Waals surface area contributed by atoms with Gasteiger partial charge in [-0.3, -0.25) is 9.59 Å². The van der Waals surface area contributed by atoms with E-state index in [2.05, 4.69) is 0 Å². The third-order valence-corrected chi connectivity index (χ3v) is 3.00. The molecule has 1 fully saturated rings. The van der Waals surface area contributed by atoms with E-state index < -0.39 is 23.5 Å². The molecule has 0 heterocycles. The highest BCUT2D eigenvalue weighted by molar-refractivity contribution is 5.95. The third kappa shape index (κ3) is 3.07. The second-order valence-electron chi connectivity index (χ2n) is 4.47. The third-order valence-electron chi connectivity index (χ3n) is 3.00. The molecule has 0 saturated heterocycles. The van der Waals surface area contributed by atoms with Crippen molar-refractivity contribution < 1.29 is 23.5 Å². The van der Waals surface area contributed by atoms with E-state index >= 15 is 0 Å². The van der Waals surface area contributed by atoms with Crippen molar-refractivity contribution in [2.45, 2.75) is 25.3 Å². The summed E-state index contributed by atoms with van der Waals surface area (Å²) in [5, 5.41) is 8.64. The van der Waals surface area contributed by atoms with E-state index in [-0.39, 0.29) is 24.6 Å². The molecule has 0 aliphatic heterocycles. The maximum absolute atomic E-state index is 13.6. The van der Waals surface area contributed by atoms with Crippen LogP contribution in [-0.4, -0.2) is 34.5 Å². The van der Waals surface area contributed by atoms with Crippen LogP contribution in [0.3, 0.4) is 0 Å². The van der Waals surface area contributed by atoms with E-state index in [0.29, 0.717) is 0 Å².